The van der Waals surface area contributed by atoms with Crippen LogP contribution >= 0.6 is 11.3 Å². The lowest BCUT2D eigenvalue weighted by atomic mass is 10.2. The van der Waals surface area contributed by atoms with Gasteiger partial charge in [0.15, 0.2) is 5.82 Å². The first kappa shape index (κ1) is 16.4. The van der Waals surface area contributed by atoms with Gasteiger partial charge in [0.05, 0.1) is 11.9 Å². The number of hydrogen-bond acceptors (Lipinski definition) is 9. The molecule has 9 heteroatoms. The standard InChI is InChI=1S/C16H20N6O2S/c1-11-7-12-15(17-10-18-16(12)25-11)22-5-3-21(4-6-22)8-14-19-13(9-23-2)20-24-14/h7,10H,3-6,8-9H2,1-2H3. The molecule has 3 aromatic heterocycles. The van der Waals surface area contributed by atoms with Crippen LogP contribution in [0, 0.1) is 6.92 Å². The largest absolute Gasteiger partial charge is 0.377 e. The lowest BCUT2D eigenvalue weighted by molar-refractivity contribution is 0.174. The van der Waals surface area contributed by atoms with E-state index in [0.717, 1.165) is 42.2 Å². The minimum absolute atomic E-state index is 0.376. The second-order valence-corrected chi connectivity index (χ2v) is 7.31. The number of rotatable bonds is 5. The van der Waals surface area contributed by atoms with Gasteiger partial charge in [-0.3, -0.25) is 4.90 Å². The number of nitrogens with zero attached hydrogens (tertiary/aromatic N) is 6. The first-order valence-electron chi connectivity index (χ1n) is 8.22. The van der Waals surface area contributed by atoms with E-state index >= 15 is 0 Å². The van der Waals surface area contributed by atoms with Crippen LogP contribution in [0.4, 0.5) is 5.82 Å². The smallest absolute Gasteiger partial charge is 0.240 e. The van der Waals surface area contributed by atoms with Crippen molar-refractivity contribution in [3.05, 3.63) is 29.0 Å². The summed E-state index contributed by atoms with van der Waals surface area (Å²) in [7, 11) is 1.62. The molecule has 25 heavy (non-hydrogen) atoms. The van der Waals surface area contributed by atoms with Crippen molar-refractivity contribution in [3.63, 3.8) is 0 Å². The fourth-order valence-electron chi connectivity index (χ4n) is 3.07. The maximum Gasteiger partial charge on any atom is 0.240 e. The Balaban J connectivity index is 1.40. The van der Waals surface area contributed by atoms with Crippen LogP contribution in [0.3, 0.4) is 0 Å². The van der Waals surface area contributed by atoms with Crippen molar-refractivity contribution in [2.75, 3.05) is 38.2 Å². The molecule has 0 bridgehead atoms. The molecule has 0 radical (unpaired) electrons. The van der Waals surface area contributed by atoms with E-state index in [4.69, 9.17) is 9.26 Å². The summed E-state index contributed by atoms with van der Waals surface area (Å²) in [5, 5.41) is 5.06. The van der Waals surface area contributed by atoms with Gasteiger partial charge in [0, 0.05) is 38.2 Å². The minimum atomic E-state index is 0.376. The van der Waals surface area contributed by atoms with Crippen LogP contribution in [0.15, 0.2) is 16.9 Å². The molecule has 0 N–H and O–H groups in total. The average molecular weight is 360 g/mol. The van der Waals surface area contributed by atoms with Crippen LogP contribution in [0.25, 0.3) is 10.2 Å². The maximum absolute atomic E-state index is 5.28. The monoisotopic (exact) mass is 360 g/mol. The Bertz CT molecular complexity index is 855. The number of aryl methyl sites for hydroxylation is 1. The van der Waals surface area contributed by atoms with Gasteiger partial charge < -0.3 is 14.2 Å². The number of aromatic nitrogens is 4. The van der Waals surface area contributed by atoms with Crippen molar-refractivity contribution in [3.8, 4) is 0 Å². The molecular weight excluding hydrogens is 340 g/mol. The molecule has 0 amide bonds. The number of ether oxygens (including phenoxy) is 1. The quantitative estimate of drug-likeness (QED) is 0.682. The van der Waals surface area contributed by atoms with Gasteiger partial charge in [0.2, 0.25) is 5.89 Å². The molecule has 4 heterocycles. The molecule has 3 aromatic rings. The highest BCUT2D eigenvalue weighted by molar-refractivity contribution is 7.18. The molecule has 0 unspecified atom stereocenters. The van der Waals surface area contributed by atoms with E-state index in [1.165, 1.54) is 4.88 Å². The Hall–Kier alpha value is -2.10. The topological polar surface area (TPSA) is 80.4 Å². The molecule has 0 aromatic carbocycles. The second kappa shape index (κ2) is 7.03. The molecular formula is C16H20N6O2S. The van der Waals surface area contributed by atoms with Crippen LogP contribution < -0.4 is 4.90 Å². The van der Waals surface area contributed by atoms with E-state index < -0.39 is 0 Å². The van der Waals surface area contributed by atoms with E-state index in [9.17, 15) is 0 Å². The van der Waals surface area contributed by atoms with Crippen molar-refractivity contribution >= 4 is 27.4 Å². The summed E-state index contributed by atoms with van der Waals surface area (Å²) >= 11 is 1.71. The lowest BCUT2D eigenvalue weighted by Gasteiger charge is -2.34. The third-order valence-corrected chi connectivity index (χ3v) is 5.20. The van der Waals surface area contributed by atoms with E-state index in [2.05, 4.69) is 42.9 Å². The molecule has 0 saturated carbocycles. The number of anilines is 1. The van der Waals surface area contributed by atoms with Gasteiger partial charge in [-0.05, 0) is 13.0 Å². The molecule has 0 aliphatic carbocycles. The molecule has 0 atom stereocenters. The molecule has 1 fully saturated rings. The van der Waals surface area contributed by atoms with Crippen LogP contribution in [-0.4, -0.2) is 58.3 Å². The summed E-state index contributed by atoms with van der Waals surface area (Å²) < 4.78 is 10.3. The highest BCUT2D eigenvalue weighted by Crippen LogP contribution is 2.30. The number of piperazine rings is 1. The molecule has 8 nitrogen and oxygen atoms in total. The molecule has 4 rings (SSSR count). The van der Waals surface area contributed by atoms with Crippen molar-refractivity contribution in [2.24, 2.45) is 0 Å². The van der Waals surface area contributed by atoms with Crippen molar-refractivity contribution in [1.82, 2.24) is 25.0 Å². The number of methoxy groups -OCH3 is 1. The molecule has 1 aliphatic rings. The van der Waals surface area contributed by atoms with Crippen LogP contribution in [0.1, 0.15) is 16.6 Å². The predicted octanol–water partition coefficient (Wildman–Crippen LogP) is 1.85. The van der Waals surface area contributed by atoms with Gasteiger partial charge in [0.1, 0.15) is 23.6 Å². The summed E-state index contributed by atoms with van der Waals surface area (Å²) in [4.78, 5) is 20.2. The van der Waals surface area contributed by atoms with Gasteiger partial charge in [0.25, 0.3) is 0 Å². The molecule has 0 spiro atoms. The normalized spacial score (nSPS) is 16.0. The minimum Gasteiger partial charge on any atom is -0.377 e. The van der Waals surface area contributed by atoms with Gasteiger partial charge in [-0.25, -0.2) is 9.97 Å². The first-order valence-corrected chi connectivity index (χ1v) is 9.03. The summed E-state index contributed by atoms with van der Waals surface area (Å²) in [6.45, 7) is 6.84. The number of fused-ring (bicyclic) bond motifs is 1. The Kier molecular flexibility index (Phi) is 4.60. The predicted molar refractivity (Wildman–Crippen MR) is 94.7 cm³/mol. The maximum atomic E-state index is 5.28. The van der Waals surface area contributed by atoms with Crippen molar-refractivity contribution < 1.29 is 9.26 Å². The Morgan fingerprint density at radius 1 is 1.24 bits per heavy atom. The zero-order chi connectivity index (χ0) is 17.2. The van der Waals surface area contributed by atoms with Crippen molar-refractivity contribution in [2.45, 2.75) is 20.1 Å². The van der Waals surface area contributed by atoms with Gasteiger partial charge in [-0.1, -0.05) is 5.16 Å². The van der Waals surface area contributed by atoms with Crippen LogP contribution in [0.5, 0.6) is 0 Å². The highest BCUT2D eigenvalue weighted by atomic mass is 32.1. The summed E-state index contributed by atoms with van der Waals surface area (Å²) in [5.74, 6) is 2.26. The van der Waals surface area contributed by atoms with Crippen molar-refractivity contribution in [1.29, 1.82) is 0 Å². The molecule has 1 saturated heterocycles. The number of hydrogen-bond donors (Lipinski definition) is 0. The van der Waals surface area contributed by atoms with Crippen LogP contribution in [0.2, 0.25) is 0 Å². The Labute approximate surface area is 149 Å². The SMILES string of the molecule is COCc1noc(CN2CCN(c3ncnc4sc(C)cc34)CC2)n1. The second-order valence-electron chi connectivity index (χ2n) is 6.07. The molecule has 1 aliphatic heterocycles. The average Bonchev–Trinajstić information content (AvgIpc) is 3.21. The first-order chi connectivity index (χ1) is 12.2. The zero-order valence-electron chi connectivity index (χ0n) is 14.3. The van der Waals surface area contributed by atoms with Gasteiger partial charge >= 0.3 is 0 Å². The fourth-order valence-corrected chi connectivity index (χ4v) is 3.91. The van der Waals surface area contributed by atoms with Gasteiger partial charge in [-0.15, -0.1) is 11.3 Å². The van der Waals surface area contributed by atoms with E-state index in [0.29, 0.717) is 24.9 Å². The highest BCUT2D eigenvalue weighted by Gasteiger charge is 2.22. The fraction of sp³-hybridized carbons (Fsp3) is 0.500. The van der Waals surface area contributed by atoms with E-state index in [1.807, 2.05) is 0 Å². The third-order valence-electron chi connectivity index (χ3n) is 4.25. The molecule has 132 valence electrons. The van der Waals surface area contributed by atoms with E-state index in [1.54, 1.807) is 24.8 Å². The zero-order valence-corrected chi connectivity index (χ0v) is 15.1. The third kappa shape index (κ3) is 3.48. The number of thiophene rings is 1. The van der Waals surface area contributed by atoms with Crippen LogP contribution in [-0.2, 0) is 17.9 Å². The Morgan fingerprint density at radius 3 is 2.88 bits per heavy atom. The summed E-state index contributed by atoms with van der Waals surface area (Å²) in [6.07, 6.45) is 1.66. The summed E-state index contributed by atoms with van der Waals surface area (Å²) in [5.41, 5.74) is 0. The lowest BCUT2D eigenvalue weighted by Crippen LogP contribution is -2.46. The Morgan fingerprint density at radius 2 is 2.08 bits per heavy atom. The van der Waals surface area contributed by atoms with E-state index in [-0.39, 0.29) is 0 Å². The van der Waals surface area contributed by atoms with Gasteiger partial charge in [-0.2, -0.15) is 4.98 Å². The summed E-state index contributed by atoms with van der Waals surface area (Å²) in [6, 6.07) is 2.18.